The van der Waals surface area contributed by atoms with Crippen LogP contribution in [0.4, 0.5) is 0 Å². The lowest BCUT2D eigenvalue weighted by Gasteiger charge is -2.26. The van der Waals surface area contributed by atoms with Crippen molar-refractivity contribution >= 4 is 11.9 Å². The van der Waals surface area contributed by atoms with Crippen LogP contribution in [0.15, 0.2) is 0 Å². The minimum Gasteiger partial charge on any atom is -0.549 e. The van der Waals surface area contributed by atoms with E-state index < -0.39 is 17.8 Å². The van der Waals surface area contributed by atoms with Gasteiger partial charge in [0.15, 0.2) is 0 Å². The first-order valence-electron chi connectivity index (χ1n) is 3.62. The highest BCUT2D eigenvalue weighted by molar-refractivity contribution is 5.96. The summed E-state index contributed by atoms with van der Waals surface area (Å²) < 4.78 is 0. The number of piperidine rings is 1. The van der Waals surface area contributed by atoms with E-state index in [9.17, 15) is 14.7 Å². The molecule has 1 amide bonds. The zero-order valence-corrected chi connectivity index (χ0v) is 6.29. The van der Waals surface area contributed by atoms with E-state index >= 15 is 0 Å². The van der Waals surface area contributed by atoms with E-state index in [2.05, 4.69) is 5.32 Å². The lowest BCUT2D eigenvalue weighted by atomic mass is 9.95. The smallest absolute Gasteiger partial charge is 0.228 e. The van der Waals surface area contributed by atoms with Crippen molar-refractivity contribution in [3.05, 3.63) is 0 Å². The Bertz CT molecular complexity index is 190. The second-order valence-corrected chi connectivity index (χ2v) is 2.86. The Hall–Kier alpha value is -1.06. The Morgan fingerprint density at radius 3 is 2.73 bits per heavy atom. The summed E-state index contributed by atoms with van der Waals surface area (Å²) in [5.41, 5.74) is 0. The van der Waals surface area contributed by atoms with Gasteiger partial charge >= 0.3 is 0 Å². The Morgan fingerprint density at radius 2 is 2.27 bits per heavy atom. The first-order valence-corrected chi connectivity index (χ1v) is 3.62. The van der Waals surface area contributed by atoms with Crippen molar-refractivity contribution in [2.24, 2.45) is 5.92 Å². The zero-order valence-electron chi connectivity index (χ0n) is 6.29. The largest absolute Gasteiger partial charge is 0.549 e. The normalized spacial score (nSPS) is 31.2. The minimum absolute atomic E-state index is 0.0955. The quantitative estimate of drug-likeness (QED) is 0.477. The molecule has 2 atom stereocenters. The van der Waals surface area contributed by atoms with Gasteiger partial charge in [0, 0.05) is 6.04 Å². The fourth-order valence-electron chi connectivity index (χ4n) is 1.19. The number of carbonyl (C=O) groups excluding carboxylic acids is 2. The first-order chi connectivity index (χ1) is 5.11. The molecule has 4 nitrogen and oxygen atoms in total. The van der Waals surface area contributed by atoms with E-state index in [4.69, 9.17) is 0 Å². The van der Waals surface area contributed by atoms with Gasteiger partial charge in [0.2, 0.25) is 5.91 Å². The number of amides is 1. The SMILES string of the molecule is C[C@@H]1CC[C@@H](C(=O)[O-])C(=O)N1. The highest BCUT2D eigenvalue weighted by Gasteiger charge is 2.26. The predicted molar refractivity (Wildman–Crippen MR) is 35.3 cm³/mol. The van der Waals surface area contributed by atoms with Crippen molar-refractivity contribution in [1.29, 1.82) is 0 Å². The third kappa shape index (κ3) is 1.69. The average molecular weight is 156 g/mol. The third-order valence-electron chi connectivity index (χ3n) is 1.88. The van der Waals surface area contributed by atoms with Crippen LogP contribution in [0.5, 0.6) is 0 Å². The average Bonchev–Trinajstić information content (AvgIpc) is 1.85. The second-order valence-electron chi connectivity index (χ2n) is 2.86. The van der Waals surface area contributed by atoms with Crippen LogP contribution >= 0.6 is 0 Å². The molecule has 1 aliphatic rings. The molecule has 1 N–H and O–H groups in total. The van der Waals surface area contributed by atoms with Crippen LogP contribution in [-0.2, 0) is 9.59 Å². The van der Waals surface area contributed by atoms with Gasteiger partial charge in [-0.15, -0.1) is 0 Å². The molecule has 1 heterocycles. The maximum Gasteiger partial charge on any atom is 0.228 e. The first kappa shape index (κ1) is 8.04. The van der Waals surface area contributed by atoms with E-state index in [-0.39, 0.29) is 6.04 Å². The molecule has 0 aromatic rings. The maximum atomic E-state index is 10.9. The number of rotatable bonds is 1. The topological polar surface area (TPSA) is 69.2 Å². The standard InChI is InChI=1S/C7H11NO3/c1-4-2-3-5(7(10)11)6(9)8-4/h4-5H,2-3H2,1H3,(H,8,9)(H,10,11)/p-1/t4-,5-/m1/s1. The molecular weight excluding hydrogens is 146 g/mol. The molecule has 0 radical (unpaired) electrons. The van der Waals surface area contributed by atoms with Gasteiger partial charge in [-0.2, -0.15) is 0 Å². The maximum absolute atomic E-state index is 10.9. The number of nitrogens with one attached hydrogen (secondary N) is 1. The molecule has 0 bridgehead atoms. The number of carboxylic acids is 1. The summed E-state index contributed by atoms with van der Waals surface area (Å²) in [6.45, 7) is 1.85. The zero-order chi connectivity index (χ0) is 8.43. The Balaban J connectivity index is 2.58. The summed E-state index contributed by atoms with van der Waals surface area (Å²) in [7, 11) is 0. The summed E-state index contributed by atoms with van der Waals surface area (Å²) in [4.78, 5) is 21.2. The van der Waals surface area contributed by atoms with Crippen molar-refractivity contribution in [2.75, 3.05) is 0 Å². The molecular formula is C7H10NO3-. The fourth-order valence-corrected chi connectivity index (χ4v) is 1.19. The number of carboxylic acid groups (broad SMARTS) is 1. The molecule has 11 heavy (non-hydrogen) atoms. The molecule has 1 aliphatic heterocycles. The van der Waals surface area contributed by atoms with Crippen molar-refractivity contribution in [1.82, 2.24) is 5.32 Å². The molecule has 0 spiro atoms. The van der Waals surface area contributed by atoms with Crippen molar-refractivity contribution in [3.8, 4) is 0 Å². The van der Waals surface area contributed by atoms with Crippen LogP contribution < -0.4 is 10.4 Å². The second kappa shape index (κ2) is 2.90. The summed E-state index contributed by atoms with van der Waals surface area (Å²) >= 11 is 0. The van der Waals surface area contributed by atoms with Crippen molar-refractivity contribution in [3.63, 3.8) is 0 Å². The Morgan fingerprint density at radius 1 is 1.64 bits per heavy atom. The fraction of sp³-hybridized carbons (Fsp3) is 0.714. The summed E-state index contributed by atoms with van der Waals surface area (Å²) in [6, 6.07) is 0.0955. The van der Waals surface area contributed by atoms with Crippen molar-refractivity contribution < 1.29 is 14.7 Å². The molecule has 0 unspecified atom stereocenters. The number of hydrogen-bond donors (Lipinski definition) is 1. The van der Waals surface area contributed by atoms with Crippen LogP contribution in [0.25, 0.3) is 0 Å². The predicted octanol–water partition coefficient (Wildman–Crippen LogP) is -1.35. The van der Waals surface area contributed by atoms with Crippen LogP contribution in [0.1, 0.15) is 19.8 Å². The van der Waals surface area contributed by atoms with Gasteiger partial charge in [0.05, 0.1) is 11.9 Å². The van der Waals surface area contributed by atoms with Gasteiger partial charge in [-0.25, -0.2) is 0 Å². The summed E-state index contributed by atoms with van der Waals surface area (Å²) in [6.07, 6.45) is 1.11. The molecule has 4 heteroatoms. The molecule has 1 rings (SSSR count). The van der Waals surface area contributed by atoms with Crippen LogP contribution in [-0.4, -0.2) is 17.9 Å². The van der Waals surface area contributed by atoms with Gasteiger partial charge in [-0.3, -0.25) is 4.79 Å². The molecule has 62 valence electrons. The number of hydrogen-bond acceptors (Lipinski definition) is 3. The van der Waals surface area contributed by atoms with Crippen LogP contribution in [0.2, 0.25) is 0 Å². The number of aliphatic carboxylic acids is 1. The summed E-state index contributed by atoms with van der Waals surface area (Å²) in [5, 5.41) is 12.9. The van der Waals surface area contributed by atoms with E-state index in [1.165, 1.54) is 0 Å². The summed E-state index contributed by atoms with van der Waals surface area (Å²) in [5.74, 6) is -2.62. The Labute approximate surface area is 64.6 Å². The Kier molecular flexibility index (Phi) is 2.12. The highest BCUT2D eigenvalue weighted by atomic mass is 16.4. The van der Waals surface area contributed by atoms with Crippen LogP contribution in [0.3, 0.4) is 0 Å². The van der Waals surface area contributed by atoms with Gasteiger partial charge in [-0.1, -0.05) is 0 Å². The molecule has 1 saturated heterocycles. The molecule has 1 fully saturated rings. The van der Waals surface area contributed by atoms with E-state index in [0.717, 1.165) is 0 Å². The minimum atomic E-state index is -1.27. The molecule has 0 saturated carbocycles. The van der Waals surface area contributed by atoms with Gasteiger partial charge in [0.1, 0.15) is 0 Å². The van der Waals surface area contributed by atoms with Crippen molar-refractivity contribution in [2.45, 2.75) is 25.8 Å². The molecule has 0 aromatic carbocycles. The lowest BCUT2D eigenvalue weighted by Crippen LogP contribution is -2.49. The molecule has 0 aromatic heterocycles. The van der Waals surface area contributed by atoms with E-state index in [1.807, 2.05) is 6.92 Å². The van der Waals surface area contributed by atoms with E-state index in [0.29, 0.717) is 12.8 Å². The molecule has 0 aliphatic carbocycles. The van der Waals surface area contributed by atoms with Gasteiger partial charge < -0.3 is 15.2 Å². The van der Waals surface area contributed by atoms with Gasteiger partial charge in [0.25, 0.3) is 0 Å². The monoisotopic (exact) mass is 156 g/mol. The third-order valence-corrected chi connectivity index (χ3v) is 1.88. The van der Waals surface area contributed by atoms with E-state index in [1.54, 1.807) is 0 Å². The van der Waals surface area contributed by atoms with Gasteiger partial charge in [-0.05, 0) is 19.8 Å². The number of carbonyl (C=O) groups is 2. The van der Waals surface area contributed by atoms with Crippen LogP contribution in [0, 0.1) is 5.92 Å². The highest BCUT2D eigenvalue weighted by Crippen LogP contribution is 2.13. The lowest BCUT2D eigenvalue weighted by molar-refractivity contribution is -0.310.